The monoisotopic (exact) mass is 201 g/mol. The molecule has 0 spiro atoms. The number of aliphatic hydroxyl groups is 1. The average Bonchev–Trinajstić information content (AvgIpc) is 2.18. The minimum Gasteiger partial charge on any atom is -0.396 e. The molecular formula is C12H27NO. The Morgan fingerprint density at radius 1 is 1.14 bits per heavy atom. The zero-order valence-electron chi connectivity index (χ0n) is 10.3. The summed E-state index contributed by atoms with van der Waals surface area (Å²) in [4.78, 5) is 2.48. The minimum absolute atomic E-state index is 0.312. The van der Waals surface area contributed by atoms with Crippen molar-refractivity contribution < 1.29 is 5.11 Å². The van der Waals surface area contributed by atoms with Crippen molar-refractivity contribution in [2.75, 3.05) is 19.7 Å². The fraction of sp³-hybridized carbons (Fsp3) is 1.00. The summed E-state index contributed by atoms with van der Waals surface area (Å²) in [7, 11) is 0. The van der Waals surface area contributed by atoms with Crippen LogP contribution in [0.1, 0.15) is 47.0 Å². The predicted octanol–water partition coefficient (Wildman–Crippen LogP) is 2.52. The molecule has 0 atom stereocenters. The molecule has 0 heterocycles. The van der Waals surface area contributed by atoms with Crippen LogP contribution in [0.4, 0.5) is 0 Å². The van der Waals surface area contributed by atoms with Crippen LogP contribution in [0, 0.1) is 5.92 Å². The molecule has 0 radical (unpaired) electrons. The molecule has 1 N–H and O–H groups in total. The second-order valence-electron chi connectivity index (χ2n) is 4.35. The van der Waals surface area contributed by atoms with Gasteiger partial charge in [0.25, 0.3) is 0 Å². The van der Waals surface area contributed by atoms with Gasteiger partial charge in [-0.05, 0) is 26.2 Å². The highest BCUT2D eigenvalue weighted by Gasteiger charge is 2.13. The lowest BCUT2D eigenvalue weighted by atomic mass is 10.0. The van der Waals surface area contributed by atoms with E-state index in [4.69, 9.17) is 5.11 Å². The Morgan fingerprint density at radius 2 is 1.71 bits per heavy atom. The first-order valence-corrected chi connectivity index (χ1v) is 6.00. The number of hydrogen-bond acceptors (Lipinski definition) is 2. The third-order valence-corrected chi connectivity index (χ3v) is 2.98. The smallest absolute Gasteiger partial charge is 0.0443 e. The molecule has 2 heteroatoms. The molecule has 0 aliphatic rings. The highest BCUT2D eigenvalue weighted by Crippen LogP contribution is 2.12. The van der Waals surface area contributed by atoms with Gasteiger partial charge in [-0.1, -0.05) is 26.7 Å². The zero-order valence-corrected chi connectivity index (χ0v) is 10.3. The van der Waals surface area contributed by atoms with E-state index in [1.165, 1.54) is 19.4 Å². The second kappa shape index (κ2) is 8.25. The summed E-state index contributed by atoms with van der Waals surface area (Å²) in [5.74, 6) is 0.816. The molecule has 0 rings (SSSR count). The van der Waals surface area contributed by atoms with Gasteiger partial charge in [0.15, 0.2) is 0 Å². The third-order valence-electron chi connectivity index (χ3n) is 2.98. The molecule has 0 aliphatic heterocycles. The number of nitrogens with zero attached hydrogens (tertiary/aromatic N) is 1. The summed E-state index contributed by atoms with van der Waals surface area (Å²) < 4.78 is 0. The van der Waals surface area contributed by atoms with Crippen LogP contribution < -0.4 is 0 Å². The fourth-order valence-corrected chi connectivity index (χ4v) is 1.71. The quantitative estimate of drug-likeness (QED) is 0.652. The van der Waals surface area contributed by atoms with Gasteiger partial charge in [-0.2, -0.15) is 0 Å². The number of aliphatic hydroxyl groups excluding tert-OH is 1. The lowest BCUT2D eigenvalue weighted by Crippen LogP contribution is -2.36. The van der Waals surface area contributed by atoms with Crippen LogP contribution in [-0.2, 0) is 0 Å². The maximum Gasteiger partial charge on any atom is 0.0443 e. The van der Waals surface area contributed by atoms with Crippen molar-refractivity contribution in [2.45, 2.75) is 53.0 Å². The number of hydrogen-bond donors (Lipinski definition) is 1. The number of rotatable bonds is 8. The van der Waals surface area contributed by atoms with Crippen molar-refractivity contribution in [1.82, 2.24) is 4.90 Å². The van der Waals surface area contributed by atoms with Crippen molar-refractivity contribution in [3.63, 3.8) is 0 Å². The Bertz CT molecular complexity index is 121. The molecule has 0 fully saturated rings. The van der Waals surface area contributed by atoms with Crippen LogP contribution in [0.15, 0.2) is 0 Å². The van der Waals surface area contributed by atoms with Crippen LogP contribution in [-0.4, -0.2) is 35.7 Å². The Labute approximate surface area is 89.3 Å². The van der Waals surface area contributed by atoms with Gasteiger partial charge in [-0.3, -0.25) is 0 Å². The third kappa shape index (κ3) is 5.61. The minimum atomic E-state index is 0.312. The molecule has 0 saturated carbocycles. The van der Waals surface area contributed by atoms with E-state index in [1.807, 2.05) is 0 Å². The van der Waals surface area contributed by atoms with Crippen LogP contribution in [0.25, 0.3) is 0 Å². The highest BCUT2D eigenvalue weighted by molar-refractivity contribution is 4.67. The van der Waals surface area contributed by atoms with Crippen molar-refractivity contribution in [1.29, 1.82) is 0 Å². The van der Waals surface area contributed by atoms with Crippen molar-refractivity contribution in [2.24, 2.45) is 5.92 Å². The van der Waals surface area contributed by atoms with E-state index < -0.39 is 0 Å². The fourth-order valence-electron chi connectivity index (χ4n) is 1.71. The second-order valence-corrected chi connectivity index (χ2v) is 4.35. The average molecular weight is 201 g/mol. The molecular weight excluding hydrogens is 174 g/mol. The van der Waals surface area contributed by atoms with Crippen molar-refractivity contribution in [3.8, 4) is 0 Å². The van der Waals surface area contributed by atoms with Crippen LogP contribution in [0.3, 0.4) is 0 Å². The molecule has 0 amide bonds. The summed E-state index contributed by atoms with van der Waals surface area (Å²) in [6.07, 6.45) is 3.43. The zero-order chi connectivity index (χ0) is 11.0. The maximum atomic E-state index is 8.82. The van der Waals surface area contributed by atoms with Gasteiger partial charge in [0, 0.05) is 25.7 Å². The van der Waals surface area contributed by atoms with Gasteiger partial charge in [-0.15, -0.1) is 0 Å². The summed E-state index contributed by atoms with van der Waals surface area (Å²) >= 11 is 0. The van der Waals surface area contributed by atoms with Crippen LogP contribution in [0.2, 0.25) is 0 Å². The first-order valence-electron chi connectivity index (χ1n) is 6.00. The van der Waals surface area contributed by atoms with Gasteiger partial charge in [0.1, 0.15) is 0 Å². The molecule has 0 aromatic rings. The lowest BCUT2D eigenvalue weighted by Gasteiger charge is -2.29. The summed E-state index contributed by atoms with van der Waals surface area (Å²) in [6, 6.07) is 0.599. The van der Waals surface area contributed by atoms with E-state index in [-0.39, 0.29) is 0 Å². The van der Waals surface area contributed by atoms with Crippen LogP contribution in [0.5, 0.6) is 0 Å². The van der Waals surface area contributed by atoms with Crippen molar-refractivity contribution >= 4 is 0 Å². The molecule has 0 aromatic heterocycles. The molecule has 0 saturated heterocycles. The van der Waals surface area contributed by atoms with E-state index in [0.29, 0.717) is 12.6 Å². The Morgan fingerprint density at radius 3 is 2.07 bits per heavy atom. The Balaban J connectivity index is 3.93. The molecule has 2 nitrogen and oxygen atoms in total. The van der Waals surface area contributed by atoms with Gasteiger partial charge in [0.05, 0.1) is 0 Å². The van der Waals surface area contributed by atoms with E-state index in [0.717, 1.165) is 18.9 Å². The topological polar surface area (TPSA) is 23.5 Å². The largest absolute Gasteiger partial charge is 0.396 e. The van der Waals surface area contributed by atoms with Crippen molar-refractivity contribution in [3.05, 3.63) is 0 Å². The molecule has 86 valence electrons. The summed E-state index contributed by atoms with van der Waals surface area (Å²) in [6.45, 7) is 11.5. The predicted molar refractivity (Wildman–Crippen MR) is 62.5 cm³/mol. The van der Waals surface area contributed by atoms with E-state index >= 15 is 0 Å². The first-order chi connectivity index (χ1) is 6.65. The molecule has 0 unspecified atom stereocenters. The van der Waals surface area contributed by atoms with Gasteiger partial charge in [0.2, 0.25) is 0 Å². The van der Waals surface area contributed by atoms with Crippen LogP contribution >= 0.6 is 0 Å². The SMILES string of the molecule is CCC(CC)CN(CCCO)C(C)C. The maximum absolute atomic E-state index is 8.82. The van der Waals surface area contributed by atoms with Gasteiger partial charge < -0.3 is 10.0 Å². The summed E-state index contributed by atoms with van der Waals surface area (Å²) in [5.41, 5.74) is 0. The summed E-state index contributed by atoms with van der Waals surface area (Å²) in [5, 5.41) is 8.82. The van der Waals surface area contributed by atoms with E-state index in [2.05, 4.69) is 32.6 Å². The van der Waals surface area contributed by atoms with E-state index in [1.54, 1.807) is 0 Å². The lowest BCUT2D eigenvalue weighted by molar-refractivity contribution is 0.163. The Kier molecular flexibility index (Phi) is 8.20. The van der Waals surface area contributed by atoms with Gasteiger partial charge >= 0.3 is 0 Å². The molecule has 0 aliphatic carbocycles. The highest BCUT2D eigenvalue weighted by atomic mass is 16.3. The standard InChI is InChI=1S/C12H27NO/c1-5-12(6-2)10-13(11(3)4)8-7-9-14/h11-12,14H,5-10H2,1-4H3. The first kappa shape index (κ1) is 13.9. The molecule has 14 heavy (non-hydrogen) atoms. The normalized spacial score (nSPS) is 12.0. The Hall–Kier alpha value is -0.0800. The molecule has 0 bridgehead atoms. The molecule has 0 aromatic carbocycles. The van der Waals surface area contributed by atoms with Gasteiger partial charge in [-0.25, -0.2) is 0 Å². The van der Waals surface area contributed by atoms with E-state index in [9.17, 15) is 0 Å².